The summed E-state index contributed by atoms with van der Waals surface area (Å²) in [7, 11) is 0. The predicted molar refractivity (Wildman–Crippen MR) is 76.8 cm³/mol. The third-order valence-corrected chi connectivity index (χ3v) is 4.76. The molecule has 4 heteroatoms. The molecule has 2 atom stereocenters. The summed E-state index contributed by atoms with van der Waals surface area (Å²) in [4.78, 5) is 3.57. The van der Waals surface area contributed by atoms with Gasteiger partial charge in [-0.3, -0.25) is 4.90 Å². The number of hydrogen-bond acceptors (Lipinski definition) is 4. The van der Waals surface area contributed by atoms with Gasteiger partial charge in [-0.2, -0.15) is 0 Å². The smallest absolute Gasteiger partial charge is 0.0896 e. The van der Waals surface area contributed by atoms with Crippen molar-refractivity contribution in [2.24, 2.45) is 5.73 Å². The van der Waals surface area contributed by atoms with E-state index in [-0.39, 0.29) is 6.10 Å². The number of aliphatic hydroxyl groups is 1. The van der Waals surface area contributed by atoms with E-state index in [0.29, 0.717) is 12.6 Å². The van der Waals surface area contributed by atoms with Crippen molar-refractivity contribution in [2.45, 2.75) is 44.2 Å². The van der Waals surface area contributed by atoms with E-state index in [9.17, 15) is 5.11 Å². The highest BCUT2D eigenvalue weighted by atomic mass is 32.1. The van der Waals surface area contributed by atoms with Gasteiger partial charge in [0.05, 0.1) is 6.10 Å². The van der Waals surface area contributed by atoms with Crippen molar-refractivity contribution >= 4 is 11.3 Å². The molecule has 1 fully saturated rings. The Hall–Kier alpha value is -0.420. The molecule has 1 aromatic rings. The zero-order valence-corrected chi connectivity index (χ0v) is 11.7. The molecule has 0 amide bonds. The average molecular weight is 268 g/mol. The minimum atomic E-state index is -0.312. The average Bonchev–Trinajstić information content (AvgIpc) is 2.82. The molecule has 1 aliphatic rings. The molecule has 0 bridgehead atoms. The van der Waals surface area contributed by atoms with Crippen LogP contribution < -0.4 is 5.73 Å². The fourth-order valence-corrected chi connectivity index (χ4v) is 3.54. The second-order valence-electron chi connectivity index (χ2n) is 5.09. The van der Waals surface area contributed by atoms with Crippen molar-refractivity contribution in [3.05, 3.63) is 22.4 Å². The Morgan fingerprint density at radius 2 is 2.33 bits per heavy atom. The summed E-state index contributed by atoms with van der Waals surface area (Å²) in [6.45, 7) is 2.81. The van der Waals surface area contributed by atoms with E-state index in [1.807, 2.05) is 17.5 Å². The highest BCUT2D eigenvalue weighted by Gasteiger charge is 2.23. The lowest BCUT2D eigenvalue weighted by Gasteiger charge is -2.30. The Morgan fingerprint density at radius 1 is 1.44 bits per heavy atom. The number of aliphatic hydroxyl groups excluding tert-OH is 1. The summed E-state index contributed by atoms with van der Waals surface area (Å²) in [6, 6.07) is 4.53. The fraction of sp³-hybridized carbons (Fsp3) is 0.714. The Balaban J connectivity index is 1.95. The standard InChI is InChI=1S/C14H24N2OS/c15-7-9-16-8-3-1-2-5-12(16)11-13(17)14-6-4-10-18-14/h4,6,10,12-13,17H,1-3,5,7-9,11,15H2. The summed E-state index contributed by atoms with van der Waals surface area (Å²) >= 11 is 1.65. The normalized spacial score (nSPS) is 23.8. The van der Waals surface area contributed by atoms with E-state index in [1.165, 1.54) is 25.7 Å². The number of nitrogens with zero attached hydrogens (tertiary/aromatic N) is 1. The first kappa shape index (κ1) is 14.0. The van der Waals surface area contributed by atoms with E-state index in [4.69, 9.17) is 5.73 Å². The van der Waals surface area contributed by atoms with Crippen LogP contribution in [0.2, 0.25) is 0 Å². The molecule has 0 aromatic carbocycles. The monoisotopic (exact) mass is 268 g/mol. The van der Waals surface area contributed by atoms with Crippen LogP contribution in [-0.2, 0) is 0 Å². The first-order valence-electron chi connectivity index (χ1n) is 6.97. The van der Waals surface area contributed by atoms with Gasteiger partial charge in [0.15, 0.2) is 0 Å². The SMILES string of the molecule is NCCN1CCCCCC1CC(O)c1cccs1. The van der Waals surface area contributed by atoms with Gasteiger partial charge in [-0.15, -0.1) is 11.3 Å². The van der Waals surface area contributed by atoms with Crippen molar-refractivity contribution < 1.29 is 5.11 Å². The first-order valence-corrected chi connectivity index (χ1v) is 7.85. The van der Waals surface area contributed by atoms with Crippen LogP contribution in [0.3, 0.4) is 0 Å². The second-order valence-corrected chi connectivity index (χ2v) is 6.07. The van der Waals surface area contributed by atoms with Crippen LogP contribution in [-0.4, -0.2) is 35.7 Å². The molecule has 3 nitrogen and oxygen atoms in total. The molecule has 1 saturated heterocycles. The summed E-state index contributed by atoms with van der Waals surface area (Å²) < 4.78 is 0. The van der Waals surface area contributed by atoms with Crippen molar-refractivity contribution in [3.8, 4) is 0 Å². The van der Waals surface area contributed by atoms with Gasteiger partial charge in [-0.1, -0.05) is 18.9 Å². The lowest BCUT2D eigenvalue weighted by atomic mass is 10.0. The molecular formula is C14H24N2OS. The van der Waals surface area contributed by atoms with E-state index in [0.717, 1.165) is 24.4 Å². The van der Waals surface area contributed by atoms with E-state index in [2.05, 4.69) is 4.90 Å². The van der Waals surface area contributed by atoms with Crippen LogP contribution in [0.15, 0.2) is 17.5 Å². The minimum absolute atomic E-state index is 0.312. The predicted octanol–water partition coefficient (Wildman–Crippen LogP) is 2.37. The number of thiophene rings is 1. The van der Waals surface area contributed by atoms with Crippen molar-refractivity contribution in [1.82, 2.24) is 4.90 Å². The molecule has 0 saturated carbocycles. The Morgan fingerprint density at radius 3 is 3.06 bits per heavy atom. The molecule has 102 valence electrons. The summed E-state index contributed by atoms with van der Waals surface area (Å²) in [5.41, 5.74) is 5.70. The number of nitrogens with two attached hydrogens (primary N) is 1. The van der Waals surface area contributed by atoms with Gasteiger partial charge >= 0.3 is 0 Å². The van der Waals surface area contributed by atoms with Gasteiger partial charge in [0.2, 0.25) is 0 Å². The van der Waals surface area contributed by atoms with Gasteiger partial charge in [0.25, 0.3) is 0 Å². The van der Waals surface area contributed by atoms with Crippen LogP contribution in [0, 0.1) is 0 Å². The highest BCUT2D eigenvalue weighted by molar-refractivity contribution is 7.10. The van der Waals surface area contributed by atoms with E-state index >= 15 is 0 Å². The van der Waals surface area contributed by atoms with Crippen molar-refractivity contribution in [1.29, 1.82) is 0 Å². The van der Waals surface area contributed by atoms with Gasteiger partial charge in [-0.25, -0.2) is 0 Å². The van der Waals surface area contributed by atoms with Gasteiger partial charge in [0, 0.05) is 24.0 Å². The number of rotatable bonds is 5. The number of likely N-dealkylation sites (tertiary alicyclic amines) is 1. The molecule has 0 aliphatic carbocycles. The van der Waals surface area contributed by atoms with Crippen molar-refractivity contribution in [2.75, 3.05) is 19.6 Å². The first-order chi connectivity index (χ1) is 8.81. The fourth-order valence-electron chi connectivity index (χ4n) is 2.82. The van der Waals surface area contributed by atoms with E-state index < -0.39 is 0 Å². The van der Waals surface area contributed by atoms with Crippen molar-refractivity contribution in [3.63, 3.8) is 0 Å². The maximum absolute atomic E-state index is 10.3. The van der Waals surface area contributed by atoms with E-state index in [1.54, 1.807) is 11.3 Å². The maximum atomic E-state index is 10.3. The van der Waals surface area contributed by atoms with Gasteiger partial charge < -0.3 is 10.8 Å². The lowest BCUT2D eigenvalue weighted by Crippen LogP contribution is -2.39. The Labute approximate surface area is 114 Å². The van der Waals surface area contributed by atoms with Crippen LogP contribution in [0.4, 0.5) is 0 Å². The topological polar surface area (TPSA) is 49.5 Å². The van der Waals surface area contributed by atoms with Gasteiger partial charge in [0.1, 0.15) is 0 Å². The second kappa shape index (κ2) is 7.24. The van der Waals surface area contributed by atoms with Crippen LogP contribution >= 0.6 is 11.3 Å². The lowest BCUT2D eigenvalue weighted by molar-refractivity contribution is 0.105. The van der Waals surface area contributed by atoms with Crippen LogP contribution in [0.25, 0.3) is 0 Å². The zero-order valence-electron chi connectivity index (χ0n) is 10.9. The Kier molecular flexibility index (Phi) is 5.63. The van der Waals surface area contributed by atoms with Gasteiger partial charge in [-0.05, 0) is 37.3 Å². The molecular weight excluding hydrogens is 244 g/mol. The van der Waals surface area contributed by atoms with Crippen LogP contribution in [0.5, 0.6) is 0 Å². The molecule has 1 aromatic heterocycles. The molecule has 0 radical (unpaired) electrons. The molecule has 2 heterocycles. The quantitative estimate of drug-likeness (QED) is 0.862. The molecule has 0 spiro atoms. The maximum Gasteiger partial charge on any atom is 0.0896 e. The molecule has 2 rings (SSSR count). The third-order valence-electron chi connectivity index (χ3n) is 3.78. The zero-order chi connectivity index (χ0) is 12.8. The highest BCUT2D eigenvalue weighted by Crippen LogP contribution is 2.28. The summed E-state index contributed by atoms with van der Waals surface area (Å²) in [6.07, 6.45) is 5.60. The molecule has 1 aliphatic heterocycles. The third kappa shape index (κ3) is 3.79. The van der Waals surface area contributed by atoms with Crippen LogP contribution in [0.1, 0.15) is 43.1 Å². The molecule has 18 heavy (non-hydrogen) atoms. The number of hydrogen-bond donors (Lipinski definition) is 2. The molecule has 2 unspecified atom stereocenters. The summed E-state index contributed by atoms with van der Waals surface area (Å²) in [5.74, 6) is 0. The summed E-state index contributed by atoms with van der Waals surface area (Å²) in [5, 5.41) is 12.3. The minimum Gasteiger partial charge on any atom is -0.388 e. The largest absolute Gasteiger partial charge is 0.388 e. The molecule has 3 N–H and O–H groups in total. The Bertz CT molecular complexity index is 329.